The fraction of sp³-hybridized carbons (Fsp3) is 0.438. The van der Waals surface area contributed by atoms with E-state index in [1.165, 1.54) is 6.08 Å². The summed E-state index contributed by atoms with van der Waals surface area (Å²) in [4.78, 5) is 11.6. The first-order chi connectivity index (χ1) is 10.3. The minimum Gasteiger partial charge on any atom is -0.491 e. The van der Waals surface area contributed by atoms with Gasteiger partial charge in [0.05, 0.1) is 11.9 Å². The van der Waals surface area contributed by atoms with Gasteiger partial charge < -0.3 is 10.1 Å². The second kappa shape index (κ2) is 8.58. The highest BCUT2D eigenvalue weighted by molar-refractivity contribution is 7.91. The van der Waals surface area contributed by atoms with Gasteiger partial charge in [0, 0.05) is 18.4 Å². The summed E-state index contributed by atoms with van der Waals surface area (Å²) in [5, 5.41) is 2.55. The average Bonchev–Trinajstić information content (AvgIpc) is 2.45. The number of ether oxygens (including phenoxy) is 1. The van der Waals surface area contributed by atoms with Crippen LogP contribution in [-0.2, 0) is 14.6 Å². The van der Waals surface area contributed by atoms with E-state index in [2.05, 4.69) is 5.32 Å². The molecule has 1 amide bonds. The largest absolute Gasteiger partial charge is 0.491 e. The van der Waals surface area contributed by atoms with Crippen LogP contribution in [0, 0.1) is 0 Å². The fourth-order valence-corrected chi connectivity index (χ4v) is 2.37. The van der Waals surface area contributed by atoms with Crippen molar-refractivity contribution in [3.63, 3.8) is 0 Å². The molecule has 0 aliphatic rings. The minimum atomic E-state index is -3.05. The van der Waals surface area contributed by atoms with E-state index in [4.69, 9.17) is 4.74 Å². The summed E-state index contributed by atoms with van der Waals surface area (Å²) in [7, 11) is -3.05. The van der Waals surface area contributed by atoms with Gasteiger partial charge in [0.2, 0.25) is 5.91 Å². The third kappa shape index (κ3) is 7.26. The van der Waals surface area contributed by atoms with Gasteiger partial charge in [0.25, 0.3) is 0 Å². The van der Waals surface area contributed by atoms with Crippen LogP contribution in [0.4, 0.5) is 0 Å². The normalized spacial score (nSPS) is 11.8. The van der Waals surface area contributed by atoms with E-state index in [-0.39, 0.29) is 30.1 Å². The molecule has 22 heavy (non-hydrogen) atoms. The fourth-order valence-electron chi connectivity index (χ4n) is 1.67. The first-order valence-corrected chi connectivity index (χ1v) is 9.07. The first kappa shape index (κ1) is 18.2. The van der Waals surface area contributed by atoms with Gasteiger partial charge in [0.15, 0.2) is 9.84 Å². The van der Waals surface area contributed by atoms with Gasteiger partial charge >= 0.3 is 0 Å². The molecule has 0 saturated carbocycles. The van der Waals surface area contributed by atoms with Gasteiger partial charge in [-0.15, -0.1) is 0 Å². The van der Waals surface area contributed by atoms with Crippen LogP contribution >= 0.6 is 0 Å². The molecule has 1 rings (SSSR count). The summed E-state index contributed by atoms with van der Waals surface area (Å²) in [6.07, 6.45) is 3.13. The minimum absolute atomic E-state index is 0.0409. The molecule has 0 unspecified atom stereocenters. The summed E-state index contributed by atoms with van der Waals surface area (Å²) in [5.41, 5.74) is 0.842. The van der Waals surface area contributed by atoms with Crippen LogP contribution in [0.25, 0.3) is 6.08 Å². The monoisotopic (exact) mass is 325 g/mol. The third-order valence-electron chi connectivity index (χ3n) is 2.81. The van der Waals surface area contributed by atoms with Crippen LogP contribution < -0.4 is 10.1 Å². The highest BCUT2D eigenvalue weighted by atomic mass is 32.2. The number of benzene rings is 1. The van der Waals surface area contributed by atoms with E-state index in [1.807, 2.05) is 38.1 Å². The Morgan fingerprint density at radius 1 is 1.36 bits per heavy atom. The molecular formula is C16H23NO4S. The van der Waals surface area contributed by atoms with E-state index in [9.17, 15) is 13.2 Å². The number of nitrogens with one attached hydrogen (secondary N) is 1. The van der Waals surface area contributed by atoms with E-state index < -0.39 is 9.84 Å². The van der Waals surface area contributed by atoms with Crippen molar-refractivity contribution in [3.05, 3.63) is 35.9 Å². The van der Waals surface area contributed by atoms with E-state index in [0.29, 0.717) is 0 Å². The van der Waals surface area contributed by atoms with Crippen molar-refractivity contribution < 1.29 is 17.9 Å². The molecule has 1 N–H and O–H groups in total. The van der Waals surface area contributed by atoms with Crippen LogP contribution in [0.15, 0.2) is 30.3 Å². The summed E-state index contributed by atoms with van der Waals surface area (Å²) in [5.74, 6) is 0.468. The van der Waals surface area contributed by atoms with Gasteiger partial charge in [-0.2, -0.15) is 0 Å². The average molecular weight is 325 g/mol. The maximum Gasteiger partial charge on any atom is 0.244 e. The third-order valence-corrected chi connectivity index (χ3v) is 4.51. The van der Waals surface area contributed by atoms with E-state index >= 15 is 0 Å². The molecule has 122 valence electrons. The molecule has 0 heterocycles. The quantitative estimate of drug-likeness (QED) is 0.742. The van der Waals surface area contributed by atoms with Crippen LogP contribution in [-0.4, -0.2) is 38.5 Å². The molecule has 0 fully saturated rings. The molecule has 0 aliphatic heterocycles. The number of rotatable bonds is 8. The molecule has 6 heteroatoms. The smallest absolute Gasteiger partial charge is 0.244 e. The Bertz CT molecular complexity index is 621. The van der Waals surface area contributed by atoms with Crippen molar-refractivity contribution in [3.8, 4) is 5.75 Å². The Labute approximate surface area is 132 Å². The lowest BCUT2D eigenvalue weighted by atomic mass is 10.2. The molecule has 5 nitrogen and oxygen atoms in total. The lowest BCUT2D eigenvalue weighted by molar-refractivity contribution is -0.116. The second-order valence-corrected chi connectivity index (χ2v) is 7.57. The SMILES string of the molecule is CCS(=O)(=O)CCNC(=O)/C=C/c1cccc(OC(C)C)c1. The summed E-state index contributed by atoms with van der Waals surface area (Å²) < 4.78 is 28.2. The summed E-state index contributed by atoms with van der Waals surface area (Å²) >= 11 is 0. The lowest BCUT2D eigenvalue weighted by Crippen LogP contribution is -2.28. The predicted molar refractivity (Wildman–Crippen MR) is 88.6 cm³/mol. The number of hydrogen-bond acceptors (Lipinski definition) is 4. The predicted octanol–water partition coefficient (Wildman–Crippen LogP) is 2.04. The highest BCUT2D eigenvalue weighted by Gasteiger charge is 2.07. The van der Waals surface area contributed by atoms with Crippen molar-refractivity contribution in [2.24, 2.45) is 0 Å². The number of hydrogen-bond donors (Lipinski definition) is 1. The topological polar surface area (TPSA) is 72.5 Å². The number of amides is 1. The van der Waals surface area contributed by atoms with Gasteiger partial charge in [-0.25, -0.2) is 8.42 Å². The molecule has 1 aromatic rings. The Balaban J connectivity index is 2.52. The number of carbonyl (C=O) groups is 1. The maximum atomic E-state index is 11.6. The van der Waals surface area contributed by atoms with Crippen molar-refractivity contribution >= 4 is 21.8 Å². The van der Waals surface area contributed by atoms with Crippen LogP contribution in [0.5, 0.6) is 5.75 Å². The number of sulfone groups is 1. The highest BCUT2D eigenvalue weighted by Crippen LogP contribution is 2.15. The molecule has 0 bridgehead atoms. The molecule has 0 aliphatic carbocycles. The zero-order valence-corrected chi connectivity index (χ0v) is 14.0. The standard InChI is InChI=1S/C16H23NO4S/c1-4-22(19,20)11-10-17-16(18)9-8-14-6-5-7-15(12-14)21-13(2)3/h5-9,12-13H,4,10-11H2,1-3H3,(H,17,18)/b9-8+. The zero-order valence-electron chi connectivity index (χ0n) is 13.2. The Kier molecular flexibility index (Phi) is 7.11. The van der Waals surface area contributed by atoms with Crippen LogP contribution in [0.1, 0.15) is 26.3 Å². The Hall–Kier alpha value is -1.82. The van der Waals surface area contributed by atoms with Crippen molar-refractivity contribution in [1.82, 2.24) is 5.32 Å². The molecule has 0 spiro atoms. The van der Waals surface area contributed by atoms with Crippen molar-refractivity contribution in [1.29, 1.82) is 0 Å². The van der Waals surface area contributed by atoms with Crippen molar-refractivity contribution in [2.75, 3.05) is 18.1 Å². The lowest BCUT2D eigenvalue weighted by Gasteiger charge is -2.09. The molecule has 1 aromatic carbocycles. The maximum absolute atomic E-state index is 11.6. The summed E-state index contributed by atoms with van der Waals surface area (Å²) in [6.45, 7) is 5.60. The Morgan fingerprint density at radius 3 is 2.73 bits per heavy atom. The zero-order chi connectivity index (χ0) is 16.6. The molecule has 0 radical (unpaired) electrons. The second-order valence-electron chi connectivity index (χ2n) is 5.10. The number of carbonyl (C=O) groups excluding carboxylic acids is 1. The molecule has 0 atom stereocenters. The van der Waals surface area contributed by atoms with Gasteiger partial charge in [0.1, 0.15) is 5.75 Å². The molecule has 0 saturated heterocycles. The van der Waals surface area contributed by atoms with Gasteiger partial charge in [-0.3, -0.25) is 4.79 Å². The van der Waals surface area contributed by atoms with E-state index in [0.717, 1.165) is 11.3 Å². The van der Waals surface area contributed by atoms with Gasteiger partial charge in [-0.05, 0) is 37.6 Å². The molecular weight excluding hydrogens is 302 g/mol. The van der Waals surface area contributed by atoms with E-state index in [1.54, 1.807) is 13.0 Å². The molecule has 0 aromatic heterocycles. The van der Waals surface area contributed by atoms with Crippen molar-refractivity contribution in [2.45, 2.75) is 26.9 Å². The van der Waals surface area contributed by atoms with Crippen LogP contribution in [0.3, 0.4) is 0 Å². The first-order valence-electron chi connectivity index (χ1n) is 7.25. The summed E-state index contributed by atoms with van der Waals surface area (Å²) in [6, 6.07) is 7.40. The Morgan fingerprint density at radius 2 is 2.09 bits per heavy atom. The van der Waals surface area contributed by atoms with Crippen LogP contribution in [0.2, 0.25) is 0 Å². The van der Waals surface area contributed by atoms with Gasteiger partial charge in [-0.1, -0.05) is 19.1 Å².